The molecule has 2 aromatic carbocycles. The van der Waals surface area contributed by atoms with Crippen molar-refractivity contribution in [3.05, 3.63) is 71.8 Å². The van der Waals surface area contributed by atoms with Gasteiger partial charge in [0.15, 0.2) is 0 Å². The summed E-state index contributed by atoms with van der Waals surface area (Å²) in [5.74, 6) is -2.43. The summed E-state index contributed by atoms with van der Waals surface area (Å²) in [6.07, 6.45) is 17.9. The van der Waals surface area contributed by atoms with Gasteiger partial charge in [-0.3, -0.25) is 0 Å². The Morgan fingerprint density at radius 2 is 0.900 bits per heavy atom. The van der Waals surface area contributed by atoms with Gasteiger partial charge < -0.3 is 0 Å². The van der Waals surface area contributed by atoms with Gasteiger partial charge in [0.1, 0.15) is 0 Å². The molecule has 0 atom stereocenters. The van der Waals surface area contributed by atoms with E-state index in [-0.39, 0.29) is 0 Å². The number of hydrogen-bond donors (Lipinski definition) is 0. The fraction of sp³-hybridized carbons (Fsp3) is 0.571. The van der Waals surface area contributed by atoms with Gasteiger partial charge in [-0.25, -0.2) is 0 Å². The summed E-state index contributed by atoms with van der Waals surface area (Å²) in [5.41, 5.74) is 2.87. The Hall–Kier alpha value is -0.840. The van der Waals surface area contributed by atoms with Crippen LogP contribution in [-0.4, -0.2) is 12.3 Å². The number of rotatable bonds is 16. The fourth-order valence-corrected chi connectivity index (χ4v) is 11.6. The zero-order valence-electron chi connectivity index (χ0n) is 19.5. The third-order valence-electron chi connectivity index (χ3n) is 6.48. The first-order chi connectivity index (χ1) is 14.6. The second-order valence-corrected chi connectivity index (χ2v) is 17.4. The summed E-state index contributed by atoms with van der Waals surface area (Å²) in [6.45, 7) is 4.59. The van der Waals surface area contributed by atoms with Gasteiger partial charge in [0.25, 0.3) is 0 Å². The molecule has 0 saturated carbocycles. The quantitative estimate of drug-likeness (QED) is 0.177. The van der Waals surface area contributed by atoms with Crippen molar-refractivity contribution < 1.29 is 0 Å². The zero-order chi connectivity index (χ0) is 21.6. The van der Waals surface area contributed by atoms with Crippen LogP contribution in [0.4, 0.5) is 0 Å². The molecule has 0 bridgehead atoms. The molecule has 2 heteroatoms. The van der Waals surface area contributed by atoms with Crippen molar-refractivity contribution in [2.75, 3.05) is 12.3 Å². The van der Waals surface area contributed by atoms with E-state index in [2.05, 4.69) is 74.5 Å². The van der Waals surface area contributed by atoms with E-state index in [4.69, 9.17) is 11.2 Å². The van der Waals surface area contributed by atoms with Crippen molar-refractivity contribution in [3.63, 3.8) is 0 Å². The molecule has 30 heavy (non-hydrogen) atoms. The summed E-state index contributed by atoms with van der Waals surface area (Å²) < 4.78 is 0. The molecule has 0 fully saturated rings. The molecule has 168 valence electrons. The van der Waals surface area contributed by atoms with E-state index in [1.807, 2.05) is 0 Å². The second kappa shape index (κ2) is 13.5. The molecule has 0 aliphatic carbocycles. The molecule has 0 aliphatic rings. The van der Waals surface area contributed by atoms with Gasteiger partial charge in [-0.1, -0.05) is 0 Å². The van der Waals surface area contributed by atoms with Crippen LogP contribution < -0.4 is 0 Å². The molecule has 0 spiro atoms. The normalized spacial score (nSPS) is 13.1. The van der Waals surface area contributed by atoms with Gasteiger partial charge in [-0.05, 0) is 0 Å². The molecule has 0 unspecified atom stereocenters. The van der Waals surface area contributed by atoms with Crippen molar-refractivity contribution in [3.8, 4) is 0 Å². The average molecular weight is 447 g/mol. The van der Waals surface area contributed by atoms with E-state index in [1.54, 1.807) is 0 Å². The van der Waals surface area contributed by atoms with E-state index >= 15 is 0 Å². The van der Waals surface area contributed by atoms with Crippen LogP contribution in [0.5, 0.6) is 0 Å². The molecule has 0 aliphatic heterocycles. The fourth-order valence-electron chi connectivity index (χ4n) is 4.78. The molecule has 2 rings (SSSR count). The van der Waals surface area contributed by atoms with Crippen molar-refractivity contribution in [1.82, 2.24) is 0 Å². The molecule has 0 N–H and O–H groups in total. The van der Waals surface area contributed by atoms with Crippen molar-refractivity contribution in [2.45, 2.75) is 90.4 Å². The predicted molar refractivity (Wildman–Crippen MR) is 140 cm³/mol. The first kappa shape index (κ1) is 25.4. The zero-order valence-corrected chi connectivity index (χ0v) is 21.1. The topological polar surface area (TPSA) is 0 Å². The Labute approximate surface area is 191 Å². The van der Waals surface area contributed by atoms with Crippen LogP contribution >= 0.6 is 17.2 Å². The number of benzene rings is 2. The molecule has 0 nitrogen and oxygen atoms in total. The molecule has 0 aromatic heterocycles. The number of hydrogen-bond acceptors (Lipinski definition) is 0. The maximum atomic E-state index is 8.02. The molecular formula is C28H44ClP. The predicted octanol–water partition coefficient (Wildman–Crippen LogP) is 10.0. The van der Waals surface area contributed by atoms with Gasteiger partial charge in [0, 0.05) is 0 Å². The van der Waals surface area contributed by atoms with Gasteiger partial charge in [0.05, 0.1) is 0 Å². The van der Waals surface area contributed by atoms with Crippen molar-refractivity contribution in [2.24, 2.45) is 0 Å². The third kappa shape index (κ3) is 9.11. The average Bonchev–Trinajstić information content (AvgIpc) is 2.75. The summed E-state index contributed by atoms with van der Waals surface area (Å²) in [7, 11) is 0. The second-order valence-electron chi connectivity index (χ2n) is 9.38. The molecule has 0 amide bonds. The molecule has 0 radical (unpaired) electrons. The van der Waals surface area contributed by atoms with Crippen LogP contribution in [0.25, 0.3) is 0 Å². The minimum absolute atomic E-state index is 1.09. The summed E-state index contributed by atoms with van der Waals surface area (Å²) in [4.78, 5) is 0. The Kier molecular flexibility index (Phi) is 11.5. The van der Waals surface area contributed by atoms with Crippen molar-refractivity contribution >= 4 is 17.2 Å². The number of halogens is 1. The van der Waals surface area contributed by atoms with E-state index in [0.717, 1.165) is 12.3 Å². The first-order valence-electron chi connectivity index (χ1n) is 12.4. The van der Waals surface area contributed by atoms with Gasteiger partial charge in [-0.15, -0.1) is 0 Å². The first-order valence-corrected chi connectivity index (χ1v) is 16.3. The minimum atomic E-state index is -2.43. The molecule has 0 heterocycles. The van der Waals surface area contributed by atoms with Crippen LogP contribution in [-0.2, 0) is 12.3 Å². The maximum absolute atomic E-state index is 8.02. The Balaban J connectivity index is 2.24. The van der Waals surface area contributed by atoms with Gasteiger partial charge >= 0.3 is 192 Å². The number of unbranched alkanes of at least 4 members (excludes halogenated alkanes) is 8. The van der Waals surface area contributed by atoms with E-state index in [1.165, 1.54) is 87.7 Å². The summed E-state index contributed by atoms with van der Waals surface area (Å²) in [6, 6.07) is 22.1. The molecular weight excluding hydrogens is 403 g/mol. The SMILES string of the molecule is CCCCCCCP(Cl)(CCCCCCC)(Cc1ccccc1)Cc1ccccc1. The molecule has 2 aromatic rings. The third-order valence-corrected chi connectivity index (χ3v) is 13.4. The van der Waals surface area contributed by atoms with E-state index in [0.29, 0.717) is 0 Å². The van der Waals surface area contributed by atoms with Gasteiger partial charge in [-0.2, -0.15) is 0 Å². The summed E-state index contributed by atoms with van der Waals surface area (Å²) >= 11 is 8.02. The van der Waals surface area contributed by atoms with E-state index < -0.39 is 5.96 Å². The van der Waals surface area contributed by atoms with Crippen LogP contribution in [0.3, 0.4) is 0 Å². The van der Waals surface area contributed by atoms with Crippen LogP contribution in [0.1, 0.15) is 89.2 Å². The van der Waals surface area contributed by atoms with E-state index in [9.17, 15) is 0 Å². The monoisotopic (exact) mass is 446 g/mol. The Morgan fingerprint density at radius 3 is 1.27 bits per heavy atom. The Bertz CT molecular complexity index is 623. The standard InChI is InChI=1S/C28H44ClP/c1-3-5-7-9-17-23-30(29,24-18-10-8-6-4-2,25-27-19-13-11-14-20-27)26-28-21-15-12-16-22-28/h11-16,19-22H,3-10,17-18,23-26H2,1-2H3. The van der Waals surface area contributed by atoms with Crippen LogP contribution in [0.2, 0.25) is 0 Å². The summed E-state index contributed by atoms with van der Waals surface area (Å²) in [5, 5.41) is 0. The van der Waals surface area contributed by atoms with Crippen molar-refractivity contribution in [1.29, 1.82) is 0 Å². The Morgan fingerprint density at radius 1 is 0.533 bits per heavy atom. The van der Waals surface area contributed by atoms with Crippen LogP contribution in [0, 0.1) is 0 Å². The van der Waals surface area contributed by atoms with Crippen LogP contribution in [0.15, 0.2) is 60.7 Å². The molecule has 0 saturated heterocycles. The van der Waals surface area contributed by atoms with Gasteiger partial charge in [0.2, 0.25) is 0 Å².